The van der Waals surface area contributed by atoms with Crippen LogP contribution >= 0.6 is 0 Å². The summed E-state index contributed by atoms with van der Waals surface area (Å²) in [7, 11) is 1.93. The Morgan fingerprint density at radius 3 is 2.93 bits per heavy atom. The van der Waals surface area contributed by atoms with E-state index < -0.39 is 0 Å². The second-order valence-electron chi connectivity index (χ2n) is 7.57. The Hall–Kier alpha value is -3.56. The van der Waals surface area contributed by atoms with Gasteiger partial charge in [-0.3, -0.25) is 0 Å². The van der Waals surface area contributed by atoms with Crippen molar-refractivity contribution in [3.05, 3.63) is 42.6 Å². The summed E-state index contributed by atoms with van der Waals surface area (Å²) >= 11 is 0. The summed E-state index contributed by atoms with van der Waals surface area (Å²) in [5.41, 5.74) is 1.70. The van der Waals surface area contributed by atoms with Crippen molar-refractivity contribution in [3.63, 3.8) is 0 Å². The number of H-pyrrole nitrogens is 2. The van der Waals surface area contributed by atoms with Gasteiger partial charge in [0.2, 0.25) is 5.82 Å². The molecular formula is C19H20FN9. The van der Waals surface area contributed by atoms with Gasteiger partial charge in [0, 0.05) is 31.9 Å². The molecule has 0 spiro atoms. The molecule has 148 valence electrons. The summed E-state index contributed by atoms with van der Waals surface area (Å²) in [5, 5.41) is 14.7. The number of anilines is 2. The number of fused-ring (bicyclic) bond motifs is 1. The molecule has 0 aliphatic carbocycles. The molecule has 4 heterocycles. The van der Waals surface area contributed by atoms with Gasteiger partial charge in [-0.2, -0.15) is 5.21 Å². The summed E-state index contributed by atoms with van der Waals surface area (Å²) in [4.78, 5) is 16.1. The lowest BCUT2D eigenvalue weighted by atomic mass is 9.98. The summed E-state index contributed by atoms with van der Waals surface area (Å²) < 4.78 is 14.9. The number of tetrazole rings is 1. The van der Waals surface area contributed by atoms with Crippen LogP contribution in [-0.2, 0) is 0 Å². The monoisotopic (exact) mass is 393 g/mol. The van der Waals surface area contributed by atoms with E-state index in [0.717, 1.165) is 36.4 Å². The quantitative estimate of drug-likeness (QED) is 0.549. The smallest absolute Gasteiger partial charge is 0.204 e. The zero-order chi connectivity index (χ0) is 20.0. The van der Waals surface area contributed by atoms with Crippen molar-refractivity contribution in [2.45, 2.75) is 18.9 Å². The number of benzene rings is 1. The van der Waals surface area contributed by atoms with Crippen LogP contribution in [0.2, 0.25) is 0 Å². The highest BCUT2D eigenvalue weighted by molar-refractivity contribution is 5.87. The van der Waals surface area contributed by atoms with Gasteiger partial charge in [-0.1, -0.05) is 0 Å². The zero-order valence-corrected chi connectivity index (χ0v) is 16.1. The first-order chi connectivity index (χ1) is 14.0. The van der Waals surface area contributed by atoms with E-state index in [-0.39, 0.29) is 11.4 Å². The first-order valence-electron chi connectivity index (χ1n) is 9.35. The molecule has 1 saturated heterocycles. The topological polar surface area (TPSA) is 103 Å². The molecule has 1 aliphatic heterocycles. The third kappa shape index (κ3) is 2.87. The van der Waals surface area contributed by atoms with E-state index in [0.29, 0.717) is 17.1 Å². The van der Waals surface area contributed by atoms with Gasteiger partial charge in [-0.15, -0.1) is 10.2 Å². The molecule has 1 atom stereocenters. The van der Waals surface area contributed by atoms with Crippen LogP contribution in [0, 0.1) is 5.82 Å². The molecule has 0 amide bonds. The minimum Gasteiger partial charge on any atom is -0.365 e. The Labute approximate surface area is 166 Å². The van der Waals surface area contributed by atoms with Crippen LogP contribution in [0.1, 0.15) is 13.3 Å². The molecule has 1 fully saturated rings. The van der Waals surface area contributed by atoms with E-state index in [1.807, 2.05) is 30.3 Å². The van der Waals surface area contributed by atoms with Gasteiger partial charge in [0.05, 0.1) is 16.6 Å². The lowest BCUT2D eigenvalue weighted by molar-refractivity contribution is 0.481. The van der Waals surface area contributed by atoms with Gasteiger partial charge in [-0.25, -0.2) is 14.4 Å². The van der Waals surface area contributed by atoms with Gasteiger partial charge in [0.25, 0.3) is 0 Å². The molecule has 0 saturated carbocycles. The van der Waals surface area contributed by atoms with Gasteiger partial charge in [0.15, 0.2) is 0 Å². The minimum atomic E-state index is -0.315. The fourth-order valence-corrected chi connectivity index (χ4v) is 4.00. The zero-order valence-electron chi connectivity index (χ0n) is 16.1. The molecule has 0 radical (unpaired) electrons. The number of hydrogen-bond acceptors (Lipinski definition) is 7. The van der Waals surface area contributed by atoms with Gasteiger partial charge in [-0.05, 0) is 42.8 Å². The van der Waals surface area contributed by atoms with Gasteiger partial charge < -0.3 is 14.8 Å². The van der Waals surface area contributed by atoms with Crippen molar-refractivity contribution >= 4 is 22.5 Å². The predicted molar refractivity (Wildman–Crippen MR) is 107 cm³/mol. The maximum absolute atomic E-state index is 14.9. The van der Waals surface area contributed by atoms with Crippen LogP contribution in [0.5, 0.6) is 0 Å². The molecule has 9 nitrogen and oxygen atoms in total. The maximum atomic E-state index is 14.9. The number of nitrogens with one attached hydrogen (secondary N) is 2. The predicted octanol–water partition coefficient (Wildman–Crippen LogP) is 2.38. The maximum Gasteiger partial charge on any atom is 0.204 e. The third-order valence-electron chi connectivity index (χ3n) is 5.81. The van der Waals surface area contributed by atoms with E-state index in [2.05, 4.69) is 47.4 Å². The van der Waals surface area contributed by atoms with Crippen molar-refractivity contribution in [2.75, 3.05) is 29.9 Å². The summed E-state index contributed by atoms with van der Waals surface area (Å²) in [6, 6.07) is 7.01. The Balaban J connectivity index is 1.41. The lowest BCUT2D eigenvalue weighted by Gasteiger charge is -2.37. The Morgan fingerprint density at radius 1 is 1.24 bits per heavy atom. The molecule has 0 bridgehead atoms. The van der Waals surface area contributed by atoms with Gasteiger partial charge >= 0.3 is 0 Å². The van der Waals surface area contributed by atoms with E-state index in [4.69, 9.17) is 0 Å². The summed E-state index contributed by atoms with van der Waals surface area (Å²) in [6.07, 6.45) is 4.32. The third-order valence-corrected chi connectivity index (χ3v) is 5.81. The first kappa shape index (κ1) is 17.5. The second kappa shape index (κ2) is 6.50. The SMILES string of the molecule is CN(c1ccc(-c2nn[nH]n2)cc1F)[C@]1(C)CCN(c2ncnc3[nH]ccc23)C1. The molecule has 0 unspecified atom stereocenters. The van der Waals surface area contributed by atoms with Crippen LogP contribution in [0.25, 0.3) is 22.4 Å². The molecule has 2 N–H and O–H groups in total. The van der Waals surface area contributed by atoms with E-state index in [1.165, 1.54) is 6.07 Å². The number of rotatable bonds is 4. The number of aromatic nitrogens is 7. The average molecular weight is 393 g/mol. The van der Waals surface area contributed by atoms with Crippen molar-refractivity contribution in [2.24, 2.45) is 0 Å². The normalized spacial score (nSPS) is 19.2. The fraction of sp³-hybridized carbons (Fsp3) is 0.316. The number of nitrogens with zero attached hydrogens (tertiary/aromatic N) is 7. The second-order valence-corrected chi connectivity index (χ2v) is 7.57. The van der Waals surface area contributed by atoms with Crippen LogP contribution in [0.4, 0.5) is 15.9 Å². The van der Waals surface area contributed by atoms with Crippen molar-refractivity contribution in [1.82, 2.24) is 35.6 Å². The van der Waals surface area contributed by atoms with Crippen LogP contribution in [0.15, 0.2) is 36.8 Å². The molecule has 29 heavy (non-hydrogen) atoms. The van der Waals surface area contributed by atoms with E-state index in [9.17, 15) is 4.39 Å². The Morgan fingerprint density at radius 2 is 2.14 bits per heavy atom. The van der Waals surface area contributed by atoms with Crippen molar-refractivity contribution < 1.29 is 4.39 Å². The number of halogens is 1. The Kier molecular flexibility index (Phi) is 3.93. The van der Waals surface area contributed by atoms with Crippen LogP contribution in [-0.4, -0.2) is 61.3 Å². The number of hydrogen-bond donors (Lipinski definition) is 2. The standard InChI is InChI=1S/C19H20FN9/c1-19(6-8-29(10-19)18-13-5-7-21-17(13)22-11-23-18)28(2)15-4-3-12(9-14(15)20)16-24-26-27-25-16/h3-5,7,9,11H,6,8,10H2,1-2H3,(H,21,22,23)(H,24,25,26,27)/t19-/m1/s1. The van der Waals surface area contributed by atoms with Crippen LogP contribution in [0.3, 0.4) is 0 Å². The highest BCUT2D eigenvalue weighted by Crippen LogP contribution is 2.36. The van der Waals surface area contributed by atoms with Gasteiger partial charge in [0.1, 0.15) is 23.6 Å². The van der Waals surface area contributed by atoms with E-state index >= 15 is 0 Å². The molecule has 1 aromatic carbocycles. The van der Waals surface area contributed by atoms with Crippen LogP contribution < -0.4 is 9.80 Å². The molecule has 10 heteroatoms. The summed E-state index contributed by atoms with van der Waals surface area (Å²) in [6.45, 7) is 3.71. The molecule has 3 aromatic heterocycles. The van der Waals surface area contributed by atoms with Crippen molar-refractivity contribution in [1.29, 1.82) is 0 Å². The summed E-state index contributed by atoms with van der Waals surface area (Å²) in [5.74, 6) is 0.960. The minimum absolute atomic E-state index is 0.248. The van der Waals surface area contributed by atoms with E-state index in [1.54, 1.807) is 12.4 Å². The first-order valence-corrected chi connectivity index (χ1v) is 9.35. The number of likely N-dealkylation sites (N-methyl/N-ethyl adjacent to an activating group) is 1. The lowest BCUT2D eigenvalue weighted by Crippen LogP contribution is -2.46. The fourth-order valence-electron chi connectivity index (χ4n) is 4.00. The highest BCUT2D eigenvalue weighted by atomic mass is 19.1. The number of aromatic amines is 2. The molecular weight excluding hydrogens is 373 g/mol. The van der Waals surface area contributed by atoms with Crippen molar-refractivity contribution in [3.8, 4) is 11.4 Å². The average Bonchev–Trinajstić information content (AvgIpc) is 3.48. The largest absolute Gasteiger partial charge is 0.365 e. The molecule has 1 aliphatic rings. The highest BCUT2D eigenvalue weighted by Gasteiger charge is 2.39. The Bertz CT molecular complexity index is 1160. The molecule has 5 rings (SSSR count). The molecule has 4 aromatic rings.